The van der Waals surface area contributed by atoms with Crippen LogP contribution in [0.25, 0.3) is 11.1 Å². The Hall–Kier alpha value is -3.38. The monoisotopic (exact) mass is 416 g/mol. The quantitative estimate of drug-likeness (QED) is 0.275. The first kappa shape index (κ1) is 21.8. The van der Waals surface area contributed by atoms with Crippen molar-refractivity contribution in [3.63, 3.8) is 0 Å². The highest BCUT2D eigenvalue weighted by atomic mass is 14.2. The molecule has 0 nitrogen and oxygen atoms in total. The Morgan fingerprint density at radius 3 is 0.938 bits per heavy atom. The van der Waals surface area contributed by atoms with E-state index in [9.17, 15) is 0 Å². The van der Waals surface area contributed by atoms with Crippen LogP contribution in [-0.4, -0.2) is 0 Å². The van der Waals surface area contributed by atoms with Crippen LogP contribution >= 0.6 is 0 Å². The molecule has 160 valence electrons. The zero-order valence-electron chi connectivity index (χ0n) is 19.5. The molecule has 0 bridgehead atoms. The first-order chi connectivity index (χ1) is 15.5. The van der Waals surface area contributed by atoms with Gasteiger partial charge in [-0.2, -0.15) is 0 Å². The molecule has 0 spiro atoms. The minimum absolute atomic E-state index is 0.519. The van der Waals surface area contributed by atoms with Crippen molar-refractivity contribution in [1.82, 2.24) is 0 Å². The van der Waals surface area contributed by atoms with Gasteiger partial charge in [-0.3, -0.25) is 0 Å². The summed E-state index contributed by atoms with van der Waals surface area (Å²) in [6.45, 7) is 8.98. The topological polar surface area (TPSA) is 0 Å². The molecule has 4 rings (SSSR count). The first-order valence-corrected chi connectivity index (χ1v) is 11.6. The van der Waals surface area contributed by atoms with Crippen LogP contribution in [0.1, 0.15) is 72.9 Å². The lowest BCUT2D eigenvalue weighted by atomic mass is 9.84. The van der Waals surface area contributed by atoms with Gasteiger partial charge in [0.2, 0.25) is 0 Å². The Morgan fingerprint density at radius 2 is 0.656 bits per heavy atom. The Morgan fingerprint density at radius 1 is 0.375 bits per heavy atom. The van der Waals surface area contributed by atoms with Crippen LogP contribution in [0.4, 0.5) is 0 Å². The van der Waals surface area contributed by atoms with E-state index in [4.69, 9.17) is 0 Å². The third kappa shape index (κ3) is 4.75. The lowest BCUT2D eigenvalue weighted by Gasteiger charge is -2.19. The van der Waals surface area contributed by atoms with E-state index < -0.39 is 0 Å². The first-order valence-electron chi connectivity index (χ1n) is 11.6. The third-order valence-electron chi connectivity index (χ3n) is 6.11. The molecule has 4 aromatic rings. The van der Waals surface area contributed by atoms with Crippen LogP contribution in [0.5, 0.6) is 0 Å². The molecule has 0 aliphatic carbocycles. The van der Waals surface area contributed by atoms with Crippen molar-refractivity contribution in [1.29, 1.82) is 0 Å². The molecule has 0 aromatic heterocycles. The Labute approximate surface area is 193 Å². The van der Waals surface area contributed by atoms with E-state index >= 15 is 0 Å². The predicted molar refractivity (Wildman–Crippen MR) is 139 cm³/mol. The van der Waals surface area contributed by atoms with E-state index in [2.05, 4.69) is 137 Å². The zero-order valence-corrected chi connectivity index (χ0v) is 19.5. The van der Waals surface area contributed by atoms with Crippen LogP contribution < -0.4 is 0 Å². The summed E-state index contributed by atoms with van der Waals surface area (Å²) in [7, 11) is 0. The number of hydrogen-bond donors (Lipinski definition) is 0. The van der Waals surface area contributed by atoms with Crippen molar-refractivity contribution < 1.29 is 0 Å². The van der Waals surface area contributed by atoms with Gasteiger partial charge >= 0.3 is 0 Å². The maximum absolute atomic E-state index is 2.28. The fourth-order valence-electron chi connectivity index (χ4n) is 4.19. The fourth-order valence-corrected chi connectivity index (χ4v) is 4.19. The summed E-state index contributed by atoms with van der Waals surface area (Å²) in [5.41, 5.74) is 10.2. The van der Waals surface area contributed by atoms with Crippen LogP contribution in [-0.2, 0) is 0 Å². The smallest absolute Gasteiger partial charge is 0.00268 e. The SMILES string of the molecule is CC(C)c1ccc(/C(=C(\c2ccccc2)c2ccc(C(C)C)cc2)c2ccccc2)cc1. The molecule has 4 aromatic carbocycles. The highest BCUT2D eigenvalue weighted by Crippen LogP contribution is 2.37. The van der Waals surface area contributed by atoms with Gasteiger partial charge < -0.3 is 0 Å². The molecule has 0 N–H and O–H groups in total. The van der Waals surface area contributed by atoms with Crippen molar-refractivity contribution in [3.05, 3.63) is 143 Å². The average molecular weight is 417 g/mol. The molecule has 0 saturated carbocycles. The maximum atomic E-state index is 2.28. The molecule has 0 aliphatic heterocycles. The molecule has 0 heteroatoms. The molecule has 0 radical (unpaired) electrons. The molecule has 0 unspecified atom stereocenters. The second kappa shape index (κ2) is 9.83. The van der Waals surface area contributed by atoms with Crippen molar-refractivity contribution >= 4 is 11.1 Å². The highest BCUT2D eigenvalue weighted by Gasteiger charge is 2.16. The van der Waals surface area contributed by atoms with E-state index in [1.54, 1.807) is 0 Å². The molecule has 0 atom stereocenters. The Bertz CT molecular complexity index is 1060. The largest absolute Gasteiger partial charge is 0.0622 e. The minimum atomic E-state index is 0.519. The lowest BCUT2D eigenvalue weighted by Crippen LogP contribution is -1.99. The van der Waals surface area contributed by atoms with Gasteiger partial charge in [-0.1, -0.05) is 137 Å². The van der Waals surface area contributed by atoms with Crippen molar-refractivity contribution in [2.24, 2.45) is 0 Å². The van der Waals surface area contributed by atoms with Gasteiger partial charge in [0.1, 0.15) is 0 Å². The number of hydrogen-bond acceptors (Lipinski definition) is 0. The predicted octanol–water partition coefficient (Wildman–Crippen LogP) is 8.94. The summed E-state index contributed by atoms with van der Waals surface area (Å²) in [6.07, 6.45) is 0. The van der Waals surface area contributed by atoms with Crippen LogP contribution in [0.2, 0.25) is 0 Å². The van der Waals surface area contributed by atoms with E-state index in [1.165, 1.54) is 44.5 Å². The zero-order chi connectivity index (χ0) is 22.5. The molecule has 0 fully saturated rings. The molecule has 0 amide bonds. The maximum Gasteiger partial charge on any atom is -0.00268 e. The molecular formula is C32H32. The standard InChI is InChI=1S/C32H32/c1-23(2)25-15-19-29(20-16-25)31(27-11-7-5-8-12-27)32(28-13-9-6-10-14-28)30-21-17-26(18-22-30)24(3)4/h5-24H,1-4H3/b32-31+. The van der Waals surface area contributed by atoms with E-state index in [-0.39, 0.29) is 0 Å². The van der Waals surface area contributed by atoms with Gasteiger partial charge in [-0.25, -0.2) is 0 Å². The summed E-state index contributed by atoms with van der Waals surface area (Å²) in [4.78, 5) is 0. The van der Waals surface area contributed by atoms with Crippen molar-refractivity contribution in [2.75, 3.05) is 0 Å². The third-order valence-corrected chi connectivity index (χ3v) is 6.11. The molecule has 0 aliphatic rings. The van der Waals surface area contributed by atoms with Gasteiger partial charge in [-0.15, -0.1) is 0 Å². The summed E-state index contributed by atoms with van der Waals surface area (Å²) in [5, 5.41) is 0. The molecular weight excluding hydrogens is 384 g/mol. The van der Waals surface area contributed by atoms with Crippen LogP contribution in [0, 0.1) is 0 Å². The number of benzene rings is 4. The summed E-state index contributed by atoms with van der Waals surface area (Å²) >= 11 is 0. The summed E-state index contributed by atoms with van der Waals surface area (Å²) in [5.74, 6) is 1.04. The van der Waals surface area contributed by atoms with Crippen LogP contribution in [0.15, 0.2) is 109 Å². The molecule has 32 heavy (non-hydrogen) atoms. The fraction of sp³-hybridized carbons (Fsp3) is 0.188. The van der Waals surface area contributed by atoms with E-state index in [0.29, 0.717) is 11.8 Å². The minimum Gasteiger partial charge on any atom is -0.0622 e. The second-order valence-corrected chi connectivity index (χ2v) is 9.04. The Balaban J connectivity index is 2.01. The number of rotatable bonds is 6. The lowest BCUT2D eigenvalue weighted by molar-refractivity contribution is 0.866. The van der Waals surface area contributed by atoms with Gasteiger partial charge in [0.25, 0.3) is 0 Å². The van der Waals surface area contributed by atoms with Gasteiger partial charge in [0, 0.05) is 0 Å². The van der Waals surface area contributed by atoms with Gasteiger partial charge in [0.15, 0.2) is 0 Å². The van der Waals surface area contributed by atoms with Gasteiger partial charge in [0.05, 0.1) is 0 Å². The summed E-state index contributed by atoms with van der Waals surface area (Å²) < 4.78 is 0. The van der Waals surface area contributed by atoms with Crippen molar-refractivity contribution in [3.8, 4) is 0 Å². The molecule has 0 heterocycles. The van der Waals surface area contributed by atoms with Gasteiger partial charge in [-0.05, 0) is 56.4 Å². The highest BCUT2D eigenvalue weighted by molar-refractivity contribution is 6.04. The summed E-state index contributed by atoms with van der Waals surface area (Å²) in [6, 6.07) is 39.8. The average Bonchev–Trinajstić information content (AvgIpc) is 2.84. The van der Waals surface area contributed by atoms with Crippen LogP contribution in [0.3, 0.4) is 0 Å². The van der Waals surface area contributed by atoms with Crippen molar-refractivity contribution in [2.45, 2.75) is 39.5 Å². The van der Waals surface area contributed by atoms with E-state index in [1.807, 2.05) is 0 Å². The molecule has 0 saturated heterocycles. The second-order valence-electron chi connectivity index (χ2n) is 9.04. The Kier molecular flexibility index (Phi) is 6.71. The van der Waals surface area contributed by atoms with E-state index in [0.717, 1.165) is 0 Å². The normalized spacial score (nSPS) is 12.2.